The first-order valence-electron chi connectivity index (χ1n) is 7.78. The molecule has 0 aliphatic heterocycles. The lowest BCUT2D eigenvalue weighted by Crippen LogP contribution is -2.34. The van der Waals surface area contributed by atoms with Crippen molar-refractivity contribution in [3.63, 3.8) is 0 Å². The van der Waals surface area contributed by atoms with Gasteiger partial charge in [-0.2, -0.15) is 4.73 Å². The molecule has 0 atom stereocenters. The van der Waals surface area contributed by atoms with Gasteiger partial charge in [0, 0.05) is 25.1 Å². The first-order chi connectivity index (χ1) is 12.7. The molecule has 0 amide bonds. The summed E-state index contributed by atoms with van der Waals surface area (Å²) in [7, 11) is 1.55. The van der Waals surface area contributed by atoms with Crippen molar-refractivity contribution in [1.82, 2.24) is 24.7 Å². The molecular formula is C17H14N6O3. The Kier molecular flexibility index (Phi) is 3.90. The summed E-state index contributed by atoms with van der Waals surface area (Å²) in [6.45, 7) is 0.200. The predicted octanol–water partition coefficient (Wildman–Crippen LogP) is 0.951. The molecule has 130 valence electrons. The topological polar surface area (TPSA) is 113 Å². The Bertz CT molecular complexity index is 1140. The smallest absolute Gasteiger partial charge is 0.314 e. The van der Waals surface area contributed by atoms with Gasteiger partial charge in [0.25, 0.3) is 5.52 Å². The van der Waals surface area contributed by atoms with Crippen molar-refractivity contribution >= 4 is 11.0 Å². The third-order valence-corrected chi connectivity index (χ3v) is 3.89. The van der Waals surface area contributed by atoms with Crippen LogP contribution in [0, 0.1) is 5.21 Å². The van der Waals surface area contributed by atoms with Crippen LogP contribution >= 0.6 is 0 Å². The minimum Gasteiger partial charge on any atom is -0.618 e. The van der Waals surface area contributed by atoms with Crippen molar-refractivity contribution in [2.45, 2.75) is 6.61 Å². The molecule has 0 saturated carbocycles. The van der Waals surface area contributed by atoms with E-state index in [0.717, 1.165) is 11.8 Å². The zero-order chi connectivity index (χ0) is 18.1. The van der Waals surface area contributed by atoms with Crippen LogP contribution < -0.4 is 10.3 Å². The number of hydrogen-bond donors (Lipinski definition) is 1. The lowest BCUT2D eigenvalue weighted by Gasteiger charge is -2.12. The fraction of sp³-hybridized carbons (Fsp3) is 0.118. The molecule has 1 aromatic carbocycles. The van der Waals surface area contributed by atoms with Crippen LogP contribution in [-0.2, 0) is 11.3 Å². The number of aromatic nitrogens is 6. The van der Waals surface area contributed by atoms with E-state index in [1.54, 1.807) is 48.3 Å². The van der Waals surface area contributed by atoms with Gasteiger partial charge in [-0.15, -0.1) is 10.2 Å². The molecule has 3 heterocycles. The van der Waals surface area contributed by atoms with E-state index in [2.05, 4.69) is 20.2 Å². The number of hydrogen-bond acceptors (Lipinski definition) is 6. The first kappa shape index (κ1) is 15.9. The number of nitrogens with zero attached hydrogens (tertiary/aromatic N) is 5. The van der Waals surface area contributed by atoms with Crippen molar-refractivity contribution < 1.29 is 9.47 Å². The molecule has 0 aliphatic rings. The third kappa shape index (κ3) is 2.60. The molecule has 3 aromatic heterocycles. The molecule has 0 spiro atoms. The van der Waals surface area contributed by atoms with Gasteiger partial charge in [0.2, 0.25) is 6.20 Å². The molecule has 1 N–H and O–H groups in total. The van der Waals surface area contributed by atoms with E-state index in [4.69, 9.17) is 4.74 Å². The van der Waals surface area contributed by atoms with Gasteiger partial charge >= 0.3 is 5.56 Å². The van der Waals surface area contributed by atoms with Gasteiger partial charge in [-0.1, -0.05) is 6.07 Å². The van der Waals surface area contributed by atoms with E-state index >= 15 is 0 Å². The molecule has 26 heavy (non-hydrogen) atoms. The van der Waals surface area contributed by atoms with Crippen molar-refractivity contribution in [3.05, 3.63) is 70.3 Å². The Labute approximate surface area is 147 Å². The fourth-order valence-electron chi connectivity index (χ4n) is 2.85. The highest BCUT2D eigenvalue weighted by atomic mass is 16.5. The molecule has 9 nitrogen and oxygen atoms in total. The summed E-state index contributed by atoms with van der Waals surface area (Å²) in [5.41, 5.74) is 1.51. The third-order valence-electron chi connectivity index (χ3n) is 3.89. The summed E-state index contributed by atoms with van der Waals surface area (Å²) in [6.07, 6.45) is 4.28. The Morgan fingerprint density at radius 2 is 2.15 bits per heavy atom. The zero-order valence-electron chi connectivity index (χ0n) is 13.8. The number of fused-ring (bicyclic) bond motifs is 1. The maximum Gasteiger partial charge on any atom is 0.314 e. The Balaban J connectivity index is 2.06. The summed E-state index contributed by atoms with van der Waals surface area (Å²) in [6, 6.07) is 8.81. The highest BCUT2D eigenvalue weighted by molar-refractivity contribution is 5.81. The molecule has 0 aliphatic carbocycles. The number of pyridine rings is 1. The summed E-state index contributed by atoms with van der Waals surface area (Å²) in [5, 5.41) is 20.9. The maximum atomic E-state index is 12.4. The van der Waals surface area contributed by atoms with Gasteiger partial charge in [-0.3, -0.25) is 14.3 Å². The van der Waals surface area contributed by atoms with Crippen molar-refractivity contribution in [3.8, 4) is 17.1 Å². The van der Waals surface area contributed by atoms with E-state index in [-0.39, 0.29) is 6.61 Å². The van der Waals surface area contributed by atoms with Crippen LogP contribution in [0.5, 0.6) is 0 Å². The number of ether oxygens (including phenoxy) is 1. The Morgan fingerprint density at radius 3 is 2.92 bits per heavy atom. The molecule has 4 rings (SSSR count). The summed E-state index contributed by atoms with van der Waals surface area (Å²) in [5.74, 6) is 1.04. The molecule has 0 fully saturated rings. The standard InChI is InChI=1S/C17H14N6O3/c1-26-10-14-20-21-17(11-4-3-7-18-8-11)23(14)13-6-2-5-12-16(13)22(25)9-15(24)19-12/h2-9H,10H2,1H3,(H,19,24). The Hall–Kier alpha value is -3.59. The van der Waals surface area contributed by atoms with E-state index in [9.17, 15) is 10.0 Å². The van der Waals surface area contributed by atoms with Crippen LogP contribution in [0.25, 0.3) is 28.1 Å². The molecular weight excluding hydrogens is 336 g/mol. The average molecular weight is 350 g/mol. The highest BCUT2D eigenvalue weighted by Crippen LogP contribution is 2.25. The second-order valence-electron chi connectivity index (χ2n) is 5.57. The van der Waals surface area contributed by atoms with E-state index in [1.807, 2.05) is 6.07 Å². The van der Waals surface area contributed by atoms with Crippen molar-refractivity contribution in [1.29, 1.82) is 0 Å². The number of H-pyrrole nitrogens is 1. The number of methoxy groups -OCH3 is 1. The van der Waals surface area contributed by atoms with Crippen LogP contribution in [0.1, 0.15) is 5.82 Å². The normalized spacial score (nSPS) is 11.1. The van der Waals surface area contributed by atoms with Gasteiger partial charge < -0.3 is 14.9 Å². The van der Waals surface area contributed by atoms with E-state index in [0.29, 0.717) is 33.1 Å². The minimum atomic E-state index is -0.474. The molecule has 0 radical (unpaired) electrons. The van der Waals surface area contributed by atoms with Crippen LogP contribution in [0.2, 0.25) is 0 Å². The van der Waals surface area contributed by atoms with Crippen molar-refractivity contribution in [2.75, 3.05) is 7.11 Å². The number of benzene rings is 1. The first-order valence-corrected chi connectivity index (χ1v) is 7.78. The molecule has 4 aromatic rings. The maximum absolute atomic E-state index is 12.4. The van der Waals surface area contributed by atoms with Crippen LogP contribution in [0.3, 0.4) is 0 Å². The van der Waals surface area contributed by atoms with Gasteiger partial charge in [-0.25, -0.2) is 0 Å². The lowest BCUT2D eigenvalue weighted by molar-refractivity contribution is -0.578. The number of rotatable bonds is 4. The Morgan fingerprint density at radius 1 is 1.27 bits per heavy atom. The van der Waals surface area contributed by atoms with Crippen LogP contribution in [0.15, 0.2) is 53.7 Å². The number of aromatic amines is 1. The lowest BCUT2D eigenvalue weighted by atomic mass is 10.2. The zero-order valence-corrected chi connectivity index (χ0v) is 13.8. The summed E-state index contributed by atoms with van der Waals surface area (Å²) in [4.78, 5) is 18.4. The summed E-state index contributed by atoms with van der Waals surface area (Å²) >= 11 is 0. The highest BCUT2D eigenvalue weighted by Gasteiger charge is 2.21. The van der Waals surface area contributed by atoms with Gasteiger partial charge in [0.15, 0.2) is 11.6 Å². The molecule has 0 saturated heterocycles. The molecule has 0 unspecified atom stereocenters. The molecule has 9 heteroatoms. The van der Waals surface area contributed by atoms with Gasteiger partial charge in [0.05, 0.1) is 0 Å². The van der Waals surface area contributed by atoms with E-state index in [1.165, 1.54) is 0 Å². The summed E-state index contributed by atoms with van der Waals surface area (Å²) < 4.78 is 7.50. The minimum absolute atomic E-state index is 0.200. The SMILES string of the molecule is COCc1nnc(-c2cccnc2)n1-c1cccc2[nH]c(=O)c[n+]([O-])c12. The quantitative estimate of drug-likeness (QED) is 0.433. The fourth-order valence-corrected chi connectivity index (χ4v) is 2.85. The van der Waals surface area contributed by atoms with E-state index < -0.39 is 5.56 Å². The largest absolute Gasteiger partial charge is 0.618 e. The van der Waals surface area contributed by atoms with Crippen LogP contribution in [0.4, 0.5) is 0 Å². The van der Waals surface area contributed by atoms with Crippen molar-refractivity contribution in [2.24, 2.45) is 0 Å². The number of para-hydroxylation sites is 1. The second-order valence-corrected chi connectivity index (χ2v) is 5.57. The second kappa shape index (κ2) is 6.37. The monoisotopic (exact) mass is 350 g/mol. The van der Waals surface area contributed by atoms with Gasteiger partial charge in [0.1, 0.15) is 17.8 Å². The molecule has 0 bridgehead atoms. The van der Waals surface area contributed by atoms with Gasteiger partial charge in [-0.05, 0) is 24.3 Å². The average Bonchev–Trinajstić information content (AvgIpc) is 3.05. The number of nitrogens with one attached hydrogen (secondary N) is 1. The predicted molar refractivity (Wildman–Crippen MR) is 92.4 cm³/mol. The van der Waals surface area contributed by atoms with Crippen LogP contribution in [-0.4, -0.2) is 31.8 Å².